The number of nitrogens with zero attached hydrogens (tertiary/aromatic N) is 2. The van der Waals surface area contributed by atoms with Crippen molar-refractivity contribution in [3.05, 3.63) is 35.9 Å². The normalized spacial score (nSPS) is 15.4. The maximum Gasteiger partial charge on any atom is 0.335 e. The van der Waals surface area contributed by atoms with E-state index in [4.69, 9.17) is 9.84 Å². The van der Waals surface area contributed by atoms with Crippen LogP contribution in [0.15, 0.2) is 30.3 Å². The lowest BCUT2D eigenvalue weighted by Gasteiger charge is -2.14. The third kappa shape index (κ3) is 3.31. The lowest BCUT2D eigenvalue weighted by molar-refractivity contribution is 0.0697. The van der Waals surface area contributed by atoms with E-state index in [1.54, 1.807) is 24.3 Å². The SMILES string of the molecule is O=C(O)c1ccc2nc(OCCN3CCCC3)ccc2c1. The van der Waals surface area contributed by atoms with Crippen molar-refractivity contribution in [1.29, 1.82) is 0 Å². The first kappa shape index (κ1) is 13.8. The Bertz CT molecular complexity index is 651. The Labute approximate surface area is 123 Å². The molecule has 3 rings (SSSR count). The third-order valence-corrected chi connectivity index (χ3v) is 3.77. The maximum atomic E-state index is 10.9. The summed E-state index contributed by atoms with van der Waals surface area (Å²) in [6.45, 7) is 3.88. The molecule has 0 spiro atoms. The minimum Gasteiger partial charge on any atom is -0.478 e. The molecule has 0 atom stereocenters. The average molecular weight is 286 g/mol. The van der Waals surface area contributed by atoms with Crippen molar-refractivity contribution in [3.8, 4) is 5.88 Å². The fourth-order valence-electron chi connectivity index (χ4n) is 2.61. The molecule has 1 fully saturated rings. The molecule has 2 heterocycles. The predicted molar refractivity (Wildman–Crippen MR) is 79.9 cm³/mol. The number of hydrogen-bond acceptors (Lipinski definition) is 4. The molecule has 2 aromatic rings. The Kier molecular flexibility index (Phi) is 4.01. The van der Waals surface area contributed by atoms with Crippen LogP contribution in [0.5, 0.6) is 5.88 Å². The van der Waals surface area contributed by atoms with Crippen molar-refractivity contribution in [3.63, 3.8) is 0 Å². The maximum absolute atomic E-state index is 10.9. The molecule has 21 heavy (non-hydrogen) atoms. The summed E-state index contributed by atoms with van der Waals surface area (Å²) in [6, 6.07) is 8.54. The summed E-state index contributed by atoms with van der Waals surface area (Å²) in [4.78, 5) is 17.7. The van der Waals surface area contributed by atoms with Crippen LogP contribution in [0.25, 0.3) is 10.9 Å². The Morgan fingerprint density at radius 2 is 2.05 bits per heavy atom. The Morgan fingerprint density at radius 1 is 1.24 bits per heavy atom. The zero-order valence-electron chi connectivity index (χ0n) is 11.8. The molecule has 1 aromatic carbocycles. The number of carboxylic acids is 1. The van der Waals surface area contributed by atoms with Crippen LogP contribution in [0, 0.1) is 0 Å². The molecule has 0 aliphatic carbocycles. The van der Waals surface area contributed by atoms with Crippen LogP contribution in [-0.2, 0) is 0 Å². The van der Waals surface area contributed by atoms with Crippen LogP contribution in [0.1, 0.15) is 23.2 Å². The van der Waals surface area contributed by atoms with E-state index >= 15 is 0 Å². The largest absolute Gasteiger partial charge is 0.478 e. The second kappa shape index (κ2) is 6.10. The predicted octanol–water partition coefficient (Wildman–Crippen LogP) is 2.41. The second-order valence-electron chi connectivity index (χ2n) is 5.26. The number of ether oxygens (including phenoxy) is 1. The molecule has 1 saturated heterocycles. The number of carbonyl (C=O) groups is 1. The van der Waals surface area contributed by atoms with Crippen molar-refractivity contribution in [1.82, 2.24) is 9.88 Å². The number of pyridine rings is 1. The van der Waals surface area contributed by atoms with Gasteiger partial charge in [-0.2, -0.15) is 0 Å². The van der Waals surface area contributed by atoms with Crippen LogP contribution in [-0.4, -0.2) is 47.2 Å². The minimum absolute atomic E-state index is 0.270. The lowest BCUT2D eigenvalue weighted by atomic mass is 10.1. The summed E-state index contributed by atoms with van der Waals surface area (Å²) in [5.74, 6) is -0.340. The van der Waals surface area contributed by atoms with Crippen molar-refractivity contribution in [2.45, 2.75) is 12.8 Å². The summed E-state index contributed by atoms with van der Waals surface area (Å²) < 4.78 is 5.68. The number of benzene rings is 1. The summed E-state index contributed by atoms with van der Waals surface area (Å²) in [5, 5.41) is 9.78. The van der Waals surface area contributed by atoms with Crippen molar-refractivity contribution < 1.29 is 14.6 Å². The molecule has 0 radical (unpaired) electrons. The summed E-state index contributed by atoms with van der Waals surface area (Å²) in [7, 11) is 0. The fourth-order valence-corrected chi connectivity index (χ4v) is 2.61. The highest BCUT2D eigenvalue weighted by Crippen LogP contribution is 2.18. The summed E-state index contributed by atoms with van der Waals surface area (Å²) in [5.41, 5.74) is 1.02. The molecular weight excluding hydrogens is 268 g/mol. The van der Waals surface area contributed by atoms with E-state index in [1.807, 2.05) is 6.07 Å². The molecule has 1 aromatic heterocycles. The molecule has 5 heteroatoms. The fraction of sp³-hybridized carbons (Fsp3) is 0.375. The van der Waals surface area contributed by atoms with Crippen molar-refractivity contribution >= 4 is 16.9 Å². The van der Waals surface area contributed by atoms with Gasteiger partial charge in [0.2, 0.25) is 5.88 Å². The first-order chi connectivity index (χ1) is 10.2. The third-order valence-electron chi connectivity index (χ3n) is 3.77. The van der Waals surface area contributed by atoms with Gasteiger partial charge < -0.3 is 9.84 Å². The van der Waals surface area contributed by atoms with Gasteiger partial charge in [0.05, 0.1) is 11.1 Å². The second-order valence-corrected chi connectivity index (χ2v) is 5.26. The quantitative estimate of drug-likeness (QED) is 0.914. The van der Waals surface area contributed by atoms with Gasteiger partial charge in [0, 0.05) is 18.0 Å². The zero-order valence-corrected chi connectivity index (χ0v) is 11.8. The Balaban J connectivity index is 1.66. The molecule has 0 saturated carbocycles. The van der Waals surface area contributed by atoms with E-state index in [-0.39, 0.29) is 5.56 Å². The zero-order chi connectivity index (χ0) is 14.7. The number of aromatic carboxylic acids is 1. The molecule has 110 valence electrons. The molecule has 0 unspecified atom stereocenters. The number of fused-ring (bicyclic) bond motifs is 1. The average Bonchev–Trinajstić information content (AvgIpc) is 3.00. The number of carboxylic acid groups (broad SMARTS) is 1. The highest BCUT2D eigenvalue weighted by Gasteiger charge is 2.11. The highest BCUT2D eigenvalue weighted by molar-refractivity contribution is 5.93. The van der Waals surface area contributed by atoms with Crippen LogP contribution in [0.2, 0.25) is 0 Å². The number of rotatable bonds is 5. The van der Waals surface area contributed by atoms with Gasteiger partial charge in [0.15, 0.2) is 0 Å². The van der Waals surface area contributed by atoms with Gasteiger partial charge in [0.1, 0.15) is 6.61 Å². The molecule has 0 amide bonds. The molecular formula is C16H18N2O3. The van der Waals surface area contributed by atoms with Gasteiger partial charge in [-0.15, -0.1) is 0 Å². The molecule has 1 N–H and O–H groups in total. The molecule has 0 bridgehead atoms. The van der Waals surface area contributed by atoms with Gasteiger partial charge in [0.25, 0.3) is 0 Å². The number of aromatic nitrogens is 1. The van der Waals surface area contributed by atoms with Gasteiger partial charge in [-0.25, -0.2) is 9.78 Å². The summed E-state index contributed by atoms with van der Waals surface area (Å²) >= 11 is 0. The van der Waals surface area contributed by atoms with Crippen LogP contribution >= 0.6 is 0 Å². The monoisotopic (exact) mass is 286 g/mol. The van der Waals surface area contributed by atoms with E-state index in [0.717, 1.165) is 30.5 Å². The van der Waals surface area contributed by atoms with Crippen LogP contribution < -0.4 is 4.74 Å². The number of hydrogen-bond donors (Lipinski definition) is 1. The minimum atomic E-state index is -0.928. The van der Waals surface area contributed by atoms with Gasteiger partial charge in [-0.3, -0.25) is 4.90 Å². The van der Waals surface area contributed by atoms with Crippen molar-refractivity contribution in [2.24, 2.45) is 0 Å². The first-order valence-corrected chi connectivity index (χ1v) is 7.22. The topological polar surface area (TPSA) is 62.7 Å². The first-order valence-electron chi connectivity index (χ1n) is 7.22. The van der Waals surface area contributed by atoms with Crippen LogP contribution in [0.3, 0.4) is 0 Å². The molecule has 1 aliphatic rings. The van der Waals surface area contributed by atoms with E-state index in [2.05, 4.69) is 9.88 Å². The van der Waals surface area contributed by atoms with E-state index < -0.39 is 5.97 Å². The lowest BCUT2D eigenvalue weighted by Crippen LogP contribution is -2.25. The molecule has 1 aliphatic heterocycles. The summed E-state index contributed by atoms with van der Waals surface area (Å²) in [6.07, 6.45) is 2.56. The van der Waals surface area contributed by atoms with E-state index in [0.29, 0.717) is 12.5 Å². The molecule has 5 nitrogen and oxygen atoms in total. The van der Waals surface area contributed by atoms with Gasteiger partial charge >= 0.3 is 5.97 Å². The Hall–Kier alpha value is -2.14. The van der Waals surface area contributed by atoms with E-state index in [1.165, 1.54) is 12.8 Å². The number of likely N-dealkylation sites (tertiary alicyclic amines) is 1. The van der Waals surface area contributed by atoms with E-state index in [9.17, 15) is 4.79 Å². The standard InChI is InChI=1S/C16H18N2O3/c19-16(20)13-3-5-14-12(11-13)4-6-15(17-14)21-10-9-18-7-1-2-8-18/h3-6,11H,1-2,7-10H2,(H,19,20). The highest BCUT2D eigenvalue weighted by atomic mass is 16.5. The van der Waals surface area contributed by atoms with Crippen molar-refractivity contribution in [2.75, 3.05) is 26.2 Å². The smallest absolute Gasteiger partial charge is 0.335 e. The van der Waals surface area contributed by atoms with Gasteiger partial charge in [-0.05, 0) is 50.2 Å². The van der Waals surface area contributed by atoms with Gasteiger partial charge in [-0.1, -0.05) is 0 Å². The van der Waals surface area contributed by atoms with Crippen LogP contribution in [0.4, 0.5) is 0 Å². The Morgan fingerprint density at radius 3 is 2.81 bits per heavy atom.